The first-order valence-electron chi connectivity index (χ1n) is 12.6. The highest BCUT2D eigenvalue weighted by molar-refractivity contribution is 8.01. The SMILES string of the molecule is C[C@@H]1CCC[C@H](C)N1CCCCCN1C(=O)C(C2CCC(C(=N)N)C2)Sc2ccccc21. The molecule has 2 aliphatic heterocycles. The lowest BCUT2D eigenvalue weighted by Gasteiger charge is -2.39. The maximum Gasteiger partial charge on any atom is 0.240 e. The van der Waals surface area contributed by atoms with E-state index in [0.29, 0.717) is 18.0 Å². The van der Waals surface area contributed by atoms with E-state index < -0.39 is 0 Å². The van der Waals surface area contributed by atoms with Crippen molar-refractivity contribution in [3.05, 3.63) is 24.3 Å². The van der Waals surface area contributed by atoms with E-state index in [1.807, 2.05) is 6.07 Å². The monoisotopic (exact) mass is 456 g/mol. The summed E-state index contributed by atoms with van der Waals surface area (Å²) in [5.74, 6) is 1.02. The number of anilines is 1. The van der Waals surface area contributed by atoms with Crippen LogP contribution in [0.1, 0.15) is 71.6 Å². The van der Waals surface area contributed by atoms with Gasteiger partial charge in [0.2, 0.25) is 5.91 Å². The fourth-order valence-corrected chi connectivity index (χ4v) is 7.40. The number of carbonyl (C=O) groups excluding carboxylic acids is 1. The molecule has 1 aromatic carbocycles. The van der Waals surface area contributed by atoms with Crippen molar-refractivity contribution >= 4 is 29.2 Å². The number of nitrogens with two attached hydrogens (primary N) is 1. The first kappa shape index (κ1) is 23.6. The lowest BCUT2D eigenvalue weighted by Crippen LogP contribution is -2.45. The Hall–Kier alpha value is -1.53. The smallest absolute Gasteiger partial charge is 0.240 e. The summed E-state index contributed by atoms with van der Waals surface area (Å²) in [7, 11) is 0. The van der Waals surface area contributed by atoms with Crippen LogP contribution in [0.25, 0.3) is 0 Å². The number of hydrogen-bond donors (Lipinski definition) is 2. The number of para-hydroxylation sites is 1. The van der Waals surface area contributed by atoms with E-state index in [4.69, 9.17) is 11.1 Å². The summed E-state index contributed by atoms with van der Waals surface area (Å²) in [5, 5.41) is 7.77. The lowest BCUT2D eigenvalue weighted by atomic mass is 9.97. The van der Waals surface area contributed by atoms with E-state index >= 15 is 0 Å². The molecule has 2 fully saturated rings. The molecule has 1 aliphatic carbocycles. The maximum absolute atomic E-state index is 13.6. The molecule has 6 heteroatoms. The summed E-state index contributed by atoms with van der Waals surface area (Å²) >= 11 is 1.73. The molecule has 1 saturated heterocycles. The predicted molar refractivity (Wildman–Crippen MR) is 135 cm³/mol. The molecule has 0 bridgehead atoms. The number of piperidine rings is 1. The minimum atomic E-state index is -0.0377. The van der Waals surface area contributed by atoms with Crippen LogP contribution in [0.4, 0.5) is 5.69 Å². The van der Waals surface area contributed by atoms with Crippen molar-refractivity contribution < 1.29 is 4.79 Å². The molecule has 3 unspecified atom stereocenters. The Bertz CT molecular complexity index is 805. The number of nitrogens with zero attached hydrogens (tertiary/aromatic N) is 2. The topological polar surface area (TPSA) is 73.4 Å². The summed E-state index contributed by atoms with van der Waals surface area (Å²) in [5.41, 5.74) is 6.85. The van der Waals surface area contributed by atoms with E-state index in [1.54, 1.807) is 11.8 Å². The first-order valence-corrected chi connectivity index (χ1v) is 13.5. The number of hydrogen-bond acceptors (Lipinski definition) is 4. The van der Waals surface area contributed by atoms with Crippen LogP contribution in [0.15, 0.2) is 29.2 Å². The van der Waals surface area contributed by atoms with Gasteiger partial charge >= 0.3 is 0 Å². The molecule has 1 saturated carbocycles. The minimum Gasteiger partial charge on any atom is -0.387 e. The number of carbonyl (C=O) groups is 1. The van der Waals surface area contributed by atoms with Crippen LogP contribution < -0.4 is 10.6 Å². The zero-order valence-corrected chi connectivity index (χ0v) is 20.6. The Kier molecular flexibility index (Phi) is 7.83. The van der Waals surface area contributed by atoms with Gasteiger partial charge in [0.25, 0.3) is 0 Å². The van der Waals surface area contributed by atoms with Gasteiger partial charge in [-0.3, -0.25) is 15.1 Å². The number of amides is 1. The van der Waals surface area contributed by atoms with Crippen LogP contribution >= 0.6 is 11.8 Å². The van der Waals surface area contributed by atoms with Gasteiger partial charge in [0.05, 0.1) is 16.8 Å². The highest BCUT2D eigenvalue weighted by atomic mass is 32.2. The number of amidine groups is 1. The molecule has 0 aromatic heterocycles. The Labute approximate surface area is 198 Å². The molecule has 3 N–H and O–H groups in total. The Morgan fingerprint density at radius 1 is 1.06 bits per heavy atom. The largest absolute Gasteiger partial charge is 0.387 e. The summed E-state index contributed by atoms with van der Waals surface area (Å²) in [6.45, 7) is 6.73. The summed E-state index contributed by atoms with van der Waals surface area (Å²) in [6.07, 6.45) is 10.3. The van der Waals surface area contributed by atoms with Gasteiger partial charge in [0, 0.05) is 29.4 Å². The molecule has 1 aromatic rings. The second kappa shape index (κ2) is 10.6. The molecule has 1 amide bonds. The van der Waals surface area contributed by atoms with Crippen LogP contribution in [-0.4, -0.2) is 47.1 Å². The van der Waals surface area contributed by atoms with Crippen LogP contribution in [0, 0.1) is 17.2 Å². The van der Waals surface area contributed by atoms with Crippen molar-refractivity contribution in [3.8, 4) is 0 Å². The average molecular weight is 457 g/mol. The molecular formula is C26H40N4OS. The van der Waals surface area contributed by atoms with Gasteiger partial charge in [-0.1, -0.05) is 25.0 Å². The zero-order valence-electron chi connectivity index (χ0n) is 19.8. The number of rotatable bonds is 8. The second-order valence-electron chi connectivity index (χ2n) is 10.1. The van der Waals surface area contributed by atoms with Crippen LogP contribution in [0.2, 0.25) is 0 Å². The Morgan fingerprint density at radius 2 is 1.78 bits per heavy atom. The van der Waals surface area contributed by atoms with Gasteiger partial charge in [-0.2, -0.15) is 0 Å². The van der Waals surface area contributed by atoms with Crippen LogP contribution in [0.3, 0.4) is 0 Å². The number of benzene rings is 1. The van der Waals surface area contributed by atoms with E-state index in [1.165, 1.54) is 37.1 Å². The predicted octanol–water partition coefficient (Wildman–Crippen LogP) is 5.28. The van der Waals surface area contributed by atoms with E-state index in [-0.39, 0.29) is 22.9 Å². The summed E-state index contributed by atoms with van der Waals surface area (Å²) < 4.78 is 0. The maximum atomic E-state index is 13.6. The van der Waals surface area contributed by atoms with Crippen molar-refractivity contribution in [2.45, 2.75) is 93.9 Å². The van der Waals surface area contributed by atoms with Crippen molar-refractivity contribution in [3.63, 3.8) is 0 Å². The highest BCUT2D eigenvalue weighted by Gasteiger charge is 2.41. The minimum absolute atomic E-state index is 0.0377. The quantitative estimate of drug-likeness (QED) is 0.317. The van der Waals surface area contributed by atoms with Gasteiger partial charge in [-0.05, 0) is 83.4 Å². The Balaban J connectivity index is 1.34. The van der Waals surface area contributed by atoms with Crippen LogP contribution in [-0.2, 0) is 4.79 Å². The fraction of sp³-hybridized carbons (Fsp3) is 0.692. The van der Waals surface area contributed by atoms with Gasteiger partial charge in [-0.25, -0.2) is 0 Å². The van der Waals surface area contributed by atoms with Gasteiger partial charge in [-0.15, -0.1) is 11.8 Å². The number of unbranched alkanes of at least 4 members (excludes halogenated alkanes) is 2. The summed E-state index contributed by atoms with van der Waals surface area (Å²) in [6, 6.07) is 9.78. The molecule has 3 aliphatic rings. The molecule has 32 heavy (non-hydrogen) atoms. The second-order valence-corrected chi connectivity index (χ2v) is 11.3. The normalized spacial score (nSPS) is 31.0. The van der Waals surface area contributed by atoms with Gasteiger partial charge in [0.15, 0.2) is 0 Å². The number of fused-ring (bicyclic) bond motifs is 1. The first-order chi connectivity index (χ1) is 15.5. The van der Waals surface area contributed by atoms with Crippen molar-refractivity contribution in [1.29, 1.82) is 5.41 Å². The molecule has 5 atom stereocenters. The Morgan fingerprint density at radius 3 is 2.50 bits per heavy atom. The third-order valence-electron chi connectivity index (χ3n) is 7.93. The zero-order chi connectivity index (χ0) is 22.7. The molecule has 0 spiro atoms. The van der Waals surface area contributed by atoms with Gasteiger partial charge in [0.1, 0.15) is 0 Å². The lowest BCUT2D eigenvalue weighted by molar-refractivity contribution is -0.119. The molecule has 176 valence electrons. The van der Waals surface area contributed by atoms with Gasteiger partial charge < -0.3 is 10.6 Å². The summed E-state index contributed by atoms with van der Waals surface area (Å²) in [4.78, 5) is 19.5. The molecule has 2 heterocycles. The van der Waals surface area contributed by atoms with E-state index in [9.17, 15) is 4.79 Å². The third kappa shape index (κ3) is 5.17. The molecule has 5 nitrogen and oxygen atoms in total. The van der Waals surface area contributed by atoms with E-state index in [2.05, 4.69) is 41.8 Å². The van der Waals surface area contributed by atoms with Crippen LogP contribution in [0.5, 0.6) is 0 Å². The fourth-order valence-electron chi connectivity index (χ4n) is 6.00. The highest BCUT2D eigenvalue weighted by Crippen LogP contribution is 2.46. The third-order valence-corrected chi connectivity index (χ3v) is 9.37. The molecular weight excluding hydrogens is 416 g/mol. The average Bonchev–Trinajstić information content (AvgIpc) is 3.27. The van der Waals surface area contributed by atoms with Crippen molar-refractivity contribution in [1.82, 2.24) is 4.90 Å². The number of nitrogens with one attached hydrogen (secondary N) is 1. The molecule has 4 rings (SSSR count). The standard InChI is InChI=1S/C26H40N4OS/c1-18-9-8-10-19(2)29(18)15-6-3-7-16-30-22-11-4-5-12-23(22)32-24(26(30)31)20-13-14-21(17-20)25(27)28/h4-5,11-12,18-21,24H,3,6-10,13-17H2,1-2H3,(H3,27,28)/t18-,19+,20?,21?,24?. The number of likely N-dealkylation sites (tertiary alicyclic amines) is 1. The van der Waals surface area contributed by atoms with E-state index in [0.717, 1.165) is 44.3 Å². The van der Waals surface area contributed by atoms with Crippen molar-refractivity contribution in [2.75, 3.05) is 18.0 Å². The number of thioether (sulfide) groups is 1. The molecule has 0 radical (unpaired) electrons. The van der Waals surface area contributed by atoms with Crippen molar-refractivity contribution in [2.24, 2.45) is 17.6 Å².